The zero-order valence-corrected chi connectivity index (χ0v) is 12.0. The number of methoxy groups -OCH3 is 1. The summed E-state index contributed by atoms with van der Waals surface area (Å²) in [6.45, 7) is 2.06. The summed E-state index contributed by atoms with van der Waals surface area (Å²) in [5.41, 5.74) is 3.13. The van der Waals surface area contributed by atoms with Crippen molar-refractivity contribution in [2.45, 2.75) is 13.0 Å². The normalized spacial score (nSPS) is 12.2. The molecule has 19 heavy (non-hydrogen) atoms. The molecular weight excluding hydrogens is 260 g/mol. The monoisotopic (exact) mass is 276 g/mol. The lowest BCUT2D eigenvalue weighted by molar-refractivity contribution is 0.401. The van der Waals surface area contributed by atoms with E-state index in [1.807, 2.05) is 37.4 Å². The maximum Gasteiger partial charge on any atom is 0.142 e. The Bertz CT molecular complexity index is 572. The third-order valence-corrected chi connectivity index (χ3v) is 3.37. The molecule has 0 spiro atoms. The molecule has 0 fully saturated rings. The van der Waals surface area contributed by atoms with Gasteiger partial charge in [-0.3, -0.25) is 4.98 Å². The second-order valence-electron chi connectivity index (χ2n) is 4.31. The van der Waals surface area contributed by atoms with Crippen LogP contribution in [-0.2, 0) is 0 Å². The van der Waals surface area contributed by atoms with Crippen LogP contribution in [0.2, 0.25) is 5.02 Å². The fraction of sp³-hybridized carbons (Fsp3) is 0.267. The number of aromatic nitrogens is 1. The lowest BCUT2D eigenvalue weighted by atomic mass is 9.98. The Morgan fingerprint density at radius 1 is 1.32 bits per heavy atom. The van der Waals surface area contributed by atoms with Crippen LogP contribution in [0.15, 0.2) is 36.5 Å². The van der Waals surface area contributed by atoms with Gasteiger partial charge in [0, 0.05) is 11.2 Å². The highest BCUT2D eigenvalue weighted by molar-refractivity contribution is 6.30. The van der Waals surface area contributed by atoms with E-state index in [9.17, 15) is 0 Å². The number of pyridine rings is 1. The molecule has 100 valence electrons. The number of aryl methyl sites for hydroxylation is 1. The van der Waals surface area contributed by atoms with E-state index >= 15 is 0 Å². The number of ether oxygens (including phenoxy) is 1. The van der Waals surface area contributed by atoms with Gasteiger partial charge in [0.15, 0.2) is 0 Å². The predicted molar refractivity (Wildman–Crippen MR) is 77.9 cm³/mol. The number of halogens is 1. The first-order valence-electron chi connectivity index (χ1n) is 6.09. The number of nitrogens with one attached hydrogen (secondary N) is 1. The van der Waals surface area contributed by atoms with Gasteiger partial charge in [-0.05, 0) is 49.4 Å². The van der Waals surface area contributed by atoms with Crippen LogP contribution in [0.5, 0.6) is 5.75 Å². The Kier molecular flexibility index (Phi) is 4.40. The topological polar surface area (TPSA) is 34.2 Å². The second-order valence-corrected chi connectivity index (χ2v) is 4.75. The zero-order chi connectivity index (χ0) is 13.8. The molecule has 4 heteroatoms. The molecule has 1 unspecified atom stereocenters. The van der Waals surface area contributed by atoms with Crippen LogP contribution >= 0.6 is 11.6 Å². The predicted octanol–water partition coefficient (Wildman–Crippen LogP) is 3.36. The van der Waals surface area contributed by atoms with Gasteiger partial charge in [-0.1, -0.05) is 17.7 Å². The van der Waals surface area contributed by atoms with Gasteiger partial charge < -0.3 is 10.1 Å². The van der Waals surface area contributed by atoms with Gasteiger partial charge in [0.25, 0.3) is 0 Å². The minimum absolute atomic E-state index is 0.0464. The van der Waals surface area contributed by atoms with E-state index in [1.165, 1.54) is 0 Å². The Morgan fingerprint density at radius 3 is 2.79 bits per heavy atom. The van der Waals surface area contributed by atoms with Crippen LogP contribution in [0, 0.1) is 6.92 Å². The fourth-order valence-electron chi connectivity index (χ4n) is 2.15. The van der Waals surface area contributed by atoms with Gasteiger partial charge >= 0.3 is 0 Å². The highest BCUT2D eigenvalue weighted by Crippen LogP contribution is 2.30. The minimum Gasteiger partial charge on any atom is -0.495 e. The van der Waals surface area contributed by atoms with E-state index in [4.69, 9.17) is 16.3 Å². The summed E-state index contributed by atoms with van der Waals surface area (Å²) in [6.07, 6.45) is 1.77. The van der Waals surface area contributed by atoms with Gasteiger partial charge in [-0.2, -0.15) is 0 Å². The van der Waals surface area contributed by atoms with E-state index in [0.717, 1.165) is 27.6 Å². The van der Waals surface area contributed by atoms with Crippen molar-refractivity contribution < 1.29 is 4.74 Å². The average Bonchev–Trinajstić information content (AvgIpc) is 2.44. The molecule has 0 radical (unpaired) electrons. The smallest absolute Gasteiger partial charge is 0.142 e. The summed E-state index contributed by atoms with van der Waals surface area (Å²) in [4.78, 5) is 4.44. The average molecular weight is 277 g/mol. The second kappa shape index (κ2) is 6.04. The molecule has 0 saturated carbocycles. The molecule has 1 N–H and O–H groups in total. The summed E-state index contributed by atoms with van der Waals surface area (Å²) in [5.74, 6) is 0.765. The Balaban J connectivity index is 2.53. The summed E-state index contributed by atoms with van der Waals surface area (Å²) in [5, 5.41) is 3.99. The van der Waals surface area contributed by atoms with Crippen molar-refractivity contribution >= 4 is 11.6 Å². The highest BCUT2D eigenvalue weighted by atomic mass is 35.5. The van der Waals surface area contributed by atoms with Crippen molar-refractivity contribution in [1.82, 2.24) is 10.3 Å². The van der Waals surface area contributed by atoms with E-state index in [0.29, 0.717) is 0 Å². The molecule has 0 amide bonds. The lowest BCUT2D eigenvalue weighted by Gasteiger charge is -2.20. The van der Waals surface area contributed by atoms with Crippen molar-refractivity contribution in [3.05, 3.63) is 58.4 Å². The van der Waals surface area contributed by atoms with Crippen molar-refractivity contribution in [3.8, 4) is 5.75 Å². The van der Waals surface area contributed by atoms with Crippen molar-refractivity contribution in [2.24, 2.45) is 0 Å². The van der Waals surface area contributed by atoms with Crippen LogP contribution in [0.4, 0.5) is 0 Å². The van der Waals surface area contributed by atoms with Crippen LogP contribution in [0.3, 0.4) is 0 Å². The van der Waals surface area contributed by atoms with Gasteiger partial charge in [0.2, 0.25) is 0 Å². The van der Waals surface area contributed by atoms with Gasteiger partial charge in [0.1, 0.15) is 11.4 Å². The van der Waals surface area contributed by atoms with Crippen molar-refractivity contribution in [2.75, 3.05) is 14.2 Å². The molecule has 1 atom stereocenters. The lowest BCUT2D eigenvalue weighted by Crippen LogP contribution is -2.20. The molecule has 0 aliphatic heterocycles. The maximum absolute atomic E-state index is 6.10. The molecule has 3 nitrogen and oxygen atoms in total. The zero-order valence-electron chi connectivity index (χ0n) is 11.3. The molecule has 1 aromatic carbocycles. The third kappa shape index (κ3) is 2.88. The first-order valence-corrected chi connectivity index (χ1v) is 6.47. The van der Waals surface area contributed by atoms with Crippen LogP contribution in [0.25, 0.3) is 0 Å². The molecule has 0 bridgehead atoms. The van der Waals surface area contributed by atoms with E-state index in [-0.39, 0.29) is 6.04 Å². The minimum atomic E-state index is -0.0464. The first kappa shape index (κ1) is 13.8. The Labute approximate surface area is 118 Å². The highest BCUT2D eigenvalue weighted by Gasteiger charge is 2.19. The van der Waals surface area contributed by atoms with Crippen LogP contribution < -0.4 is 10.1 Å². The maximum atomic E-state index is 6.10. The summed E-state index contributed by atoms with van der Waals surface area (Å²) in [6, 6.07) is 9.59. The van der Waals surface area contributed by atoms with E-state index in [1.54, 1.807) is 13.3 Å². The van der Waals surface area contributed by atoms with E-state index in [2.05, 4.69) is 17.2 Å². The fourth-order valence-corrected chi connectivity index (χ4v) is 2.33. The molecule has 0 aliphatic rings. The first-order chi connectivity index (χ1) is 9.17. The van der Waals surface area contributed by atoms with E-state index < -0.39 is 0 Å². The van der Waals surface area contributed by atoms with Crippen molar-refractivity contribution in [1.29, 1.82) is 0 Å². The number of nitrogens with zero attached hydrogens (tertiary/aromatic N) is 1. The summed E-state index contributed by atoms with van der Waals surface area (Å²) < 4.78 is 5.38. The Hall–Kier alpha value is -1.58. The van der Waals surface area contributed by atoms with Crippen molar-refractivity contribution in [3.63, 3.8) is 0 Å². The standard InChI is InChI=1S/C15H17ClN2O/c1-10-6-7-11(16)9-12(10)14(17-2)15-13(19-3)5-4-8-18-15/h4-9,14,17H,1-3H3. The molecular formula is C15H17ClN2O. The molecule has 0 saturated heterocycles. The summed E-state index contributed by atoms with van der Waals surface area (Å²) >= 11 is 6.10. The third-order valence-electron chi connectivity index (χ3n) is 3.13. The van der Waals surface area contributed by atoms with Crippen LogP contribution in [0.1, 0.15) is 22.9 Å². The molecule has 2 aromatic rings. The molecule has 0 aliphatic carbocycles. The molecule has 1 heterocycles. The van der Waals surface area contributed by atoms with Gasteiger partial charge in [-0.25, -0.2) is 0 Å². The molecule has 2 rings (SSSR count). The SMILES string of the molecule is CNC(c1cc(Cl)ccc1C)c1ncccc1OC. The Morgan fingerprint density at radius 2 is 2.11 bits per heavy atom. The number of benzene rings is 1. The van der Waals surface area contributed by atoms with Gasteiger partial charge in [-0.15, -0.1) is 0 Å². The number of hydrogen-bond acceptors (Lipinski definition) is 3. The quantitative estimate of drug-likeness (QED) is 0.930. The number of rotatable bonds is 4. The summed E-state index contributed by atoms with van der Waals surface area (Å²) in [7, 11) is 3.55. The molecule has 1 aromatic heterocycles. The largest absolute Gasteiger partial charge is 0.495 e. The number of hydrogen-bond donors (Lipinski definition) is 1. The van der Waals surface area contributed by atoms with Crippen LogP contribution in [-0.4, -0.2) is 19.1 Å². The van der Waals surface area contributed by atoms with Gasteiger partial charge in [0.05, 0.1) is 13.2 Å².